The fourth-order valence-corrected chi connectivity index (χ4v) is 7.05. The van der Waals surface area contributed by atoms with Crippen molar-refractivity contribution in [2.75, 3.05) is 25.1 Å². The SMILES string of the molecule is CNCCCn1cnc2c1ccc[n+]2CC1=C(C=O)N2C(=O)C(NC(=O)/C(=N\OC(C)C)c3nc(N)sc3Cl)C2SC1. The summed E-state index contributed by atoms with van der Waals surface area (Å²) in [7, 11) is 1.92. The van der Waals surface area contributed by atoms with Gasteiger partial charge in [0.05, 0.1) is 11.9 Å². The summed E-state index contributed by atoms with van der Waals surface area (Å²) in [6.45, 7) is 5.63. The Morgan fingerprint density at radius 3 is 2.93 bits per heavy atom. The highest BCUT2D eigenvalue weighted by atomic mass is 35.5. The number of thiazole rings is 1. The van der Waals surface area contributed by atoms with Crippen molar-refractivity contribution in [2.45, 2.75) is 50.9 Å². The molecule has 0 aliphatic carbocycles. The highest BCUT2D eigenvalue weighted by Crippen LogP contribution is 2.40. The number of aromatic nitrogens is 4. The topological polar surface area (TPSA) is 161 Å². The highest BCUT2D eigenvalue weighted by molar-refractivity contribution is 8.00. The monoisotopic (exact) mass is 632 g/mol. The second kappa shape index (κ2) is 12.8. The fraction of sp³-hybridized carbons (Fsp3) is 0.423. The third kappa shape index (κ3) is 5.86. The van der Waals surface area contributed by atoms with E-state index in [9.17, 15) is 14.4 Å². The van der Waals surface area contributed by atoms with Gasteiger partial charge >= 0.3 is 5.65 Å². The van der Waals surface area contributed by atoms with E-state index in [0.717, 1.165) is 47.6 Å². The van der Waals surface area contributed by atoms with Crippen LogP contribution in [0.3, 0.4) is 0 Å². The lowest BCUT2D eigenvalue weighted by molar-refractivity contribution is -0.664. The molecule has 13 nitrogen and oxygen atoms in total. The molecule has 42 heavy (non-hydrogen) atoms. The lowest BCUT2D eigenvalue weighted by atomic mass is 10.0. The van der Waals surface area contributed by atoms with Crippen molar-refractivity contribution < 1.29 is 23.8 Å². The summed E-state index contributed by atoms with van der Waals surface area (Å²) in [5, 5.41) is 9.52. The molecular weight excluding hydrogens is 602 g/mol. The van der Waals surface area contributed by atoms with Gasteiger partial charge in [0.1, 0.15) is 39.6 Å². The average molecular weight is 633 g/mol. The minimum atomic E-state index is -0.873. The number of allylic oxidation sites excluding steroid dienone is 1. The Morgan fingerprint density at radius 1 is 1.43 bits per heavy atom. The van der Waals surface area contributed by atoms with E-state index in [1.165, 1.54) is 16.7 Å². The van der Waals surface area contributed by atoms with Gasteiger partial charge in [0.15, 0.2) is 17.1 Å². The number of thioether (sulfide) groups is 1. The van der Waals surface area contributed by atoms with Crippen molar-refractivity contribution in [3.63, 3.8) is 0 Å². The van der Waals surface area contributed by atoms with Gasteiger partial charge in [-0.15, -0.1) is 11.8 Å². The Balaban J connectivity index is 1.33. The molecule has 3 aromatic heterocycles. The first-order chi connectivity index (χ1) is 20.2. The Bertz CT molecular complexity index is 1580. The second-order valence-electron chi connectivity index (χ2n) is 9.98. The number of nitrogen functional groups attached to an aromatic ring is 1. The summed E-state index contributed by atoms with van der Waals surface area (Å²) in [5.41, 5.74) is 8.54. The average Bonchev–Trinajstić information content (AvgIpc) is 3.53. The molecule has 2 aliphatic heterocycles. The third-order valence-corrected chi connectivity index (χ3v) is 9.15. The molecule has 2 amide bonds. The lowest BCUT2D eigenvalue weighted by Crippen LogP contribution is -2.70. The van der Waals surface area contributed by atoms with E-state index in [0.29, 0.717) is 24.3 Å². The van der Waals surface area contributed by atoms with Crippen LogP contribution >= 0.6 is 34.7 Å². The quantitative estimate of drug-likeness (QED) is 0.0668. The summed E-state index contributed by atoms with van der Waals surface area (Å²) >= 11 is 8.70. The normalized spacial score (nSPS) is 18.8. The van der Waals surface area contributed by atoms with Crippen LogP contribution in [0.2, 0.25) is 4.34 Å². The summed E-state index contributed by atoms with van der Waals surface area (Å²) in [4.78, 5) is 54.3. The number of hydrogen-bond donors (Lipinski definition) is 3. The number of hydrogen-bond acceptors (Lipinski definition) is 11. The first-order valence-corrected chi connectivity index (χ1v) is 15.5. The van der Waals surface area contributed by atoms with E-state index in [2.05, 4.69) is 30.3 Å². The summed E-state index contributed by atoms with van der Waals surface area (Å²) < 4.78 is 4.26. The molecule has 16 heteroatoms. The Morgan fingerprint density at radius 2 is 2.24 bits per heavy atom. The van der Waals surface area contributed by atoms with Gasteiger partial charge in [0.25, 0.3) is 11.8 Å². The number of amides is 2. The number of aryl methyl sites for hydroxylation is 1. The molecule has 0 spiro atoms. The predicted octanol–water partition coefficient (Wildman–Crippen LogP) is 1.31. The van der Waals surface area contributed by atoms with Crippen molar-refractivity contribution in [3.8, 4) is 0 Å². The minimum Gasteiger partial charge on any atom is -0.392 e. The first-order valence-electron chi connectivity index (χ1n) is 13.3. The van der Waals surface area contributed by atoms with Crippen molar-refractivity contribution in [1.82, 2.24) is 30.1 Å². The number of β-lactam (4-membered cyclic amide) rings is 1. The number of anilines is 1. The second-order valence-corrected chi connectivity index (χ2v) is 12.7. The number of oxime groups is 1. The molecule has 0 bridgehead atoms. The van der Waals surface area contributed by atoms with Crippen molar-refractivity contribution in [2.24, 2.45) is 5.16 Å². The number of carbonyl (C=O) groups is 3. The van der Waals surface area contributed by atoms with E-state index in [1.807, 2.05) is 36.3 Å². The van der Waals surface area contributed by atoms with Crippen LogP contribution in [-0.4, -0.2) is 80.1 Å². The number of fused-ring (bicyclic) bond motifs is 2. The number of nitrogens with two attached hydrogens (primary N) is 1. The molecule has 0 radical (unpaired) electrons. The Hall–Kier alpha value is -3.53. The van der Waals surface area contributed by atoms with Crippen LogP contribution in [0.5, 0.6) is 0 Å². The maximum absolute atomic E-state index is 13.3. The van der Waals surface area contributed by atoms with Crippen molar-refractivity contribution in [3.05, 3.63) is 46.0 Å². The number of pyridine rings is 1. The standard InChI is InChI=1S/C26H30ClN9O4S2/c1-14(2)40-33-19(18-21(27)42-26(28)32-18)23(38)31-20-24(39)36-17(11-37)15(12-41-25(20)36)10-34-8-4-6-16-22(34)30-13-35(16)9-5-7-29-3/h4,6,8,11,13-14,20,25,29H,5,7,9-10,12H2,1-3H3,(H2-,28,31,32,38)/p+1/b33-19-. The van der Waals surface area contributed by atoms with Crippen LogP contribution in [-0.2, 0) is 32.3 Å². The molecule has 1 saturated heterocycles. The van der Waals surface area contributed by atoms with E-state index in [1.54, 1.807) is 13.8 Å². The molecule has 3 aromatic rings. The number of halogens is 1. The van der Waals surface area contributed by atoms with Gasteiger partial charge in [0.2, 0.25) is 6.33 Å². The highest BCUT2D eigenvalue weighted by Gasteiger charge is 2.53. The van der Waals surface area contributed by atoms with Crippen LogP contribution in [0, 0.1) is 0 Å². The summed E-state index contributed by atoms with van der Waals surface area (Å²) in [6.07, 6.45) is 5.09. The van der Waals surface area contributed by atoms with Crippen LogP contribution in [0.4, 0.5) is 5.13 Å². The van der Waals surface area contributed by atoms with Gasteiger partial charge in [-0.2, -0.15) is 0 Å². The number of carbonyl (C=O) groups excluding carboxylic acids is 3. The largest absolute Gasteiger partial charge is 0.392 e. The van der Waals surface area contributed by atoms with E-state index in [4.69, 9.17) is 22.2 Å². The predicted molar refractivity (Wildman–Crippen MR) is 161 cm³/mol. The molecule has 2 aliphatic rings. The molecule has 5 rings (SSSR count). The molecular formula is C26H31ClN9O4S2+. The smallest absolute Gasteiger partial charge is 0.349 e. The van der Waals surface area contributed by atoms with E-state index >= 15 is 0 Å². The lowest BCUT2D eigenvalue weighted by Gasteiger charge is -2.49. The van der Waals surface area contributed by atoms with Crippen LogP contribution in [0.1, 0.15) is 26.0 Å². The molecule has 222 valence electrons. The van der Waals surface area contributed by atoms with Gasteiger partial charge in [-0.1, -0.05) is 28.1 Å². The molecule has 1 fully saturated rings. The Kier molecular flexibility index (Phi) is 9.11. The number of nitrogens with zero attached hydrogens (tertiary/aromatic N) is 6. The summed E-state index contributed by atoms with van der Waals surface area (Å²) in [5.74, 6) is -0.589. The van der Waals surface area contributed by atoms with Crippen molar-refractivity contribution in [1.29, 1.82) is 0 Å². The maximum Gasteiger partial charge on any atom is 0.349 e. The number of rotatable bonds is 12. The zero-order valence-electron chi connectivity index (χ0n) is 23.2. The van der Waals surface area contributed by atoms with Gasteiger partial charge in [-0.3, -0.25) is 19.3 Å². The molecule has 2 atom stereocenters. The third-order valence-electron chi connectivity index (χ3n) is 6.73. The van der Waals surface area contributed by atoms with E-state index in [-0.39, 0.29) is 27.0 Å². The van der Waals surface area contributed by atoms with Crippen LogP contribution in [0.25, 0.3) is 11.2 Å². The minimum absolute atomic E-state index is 0.0728. The van der Waals surface area contributed by atoms with Gasteiger partial charge in [-0.25, -0.2) is 9.55 Å². The van der Waals surface area contributed by atoms with Gasteiger partial charge in [0, 0.05) is 17.9 Å². The molecule has 0 aromatic carbocycles. The zero-order chi connectivity index (χ0) is 30.0. The number of imidazole rings is 1. The number of aldehydes is 1. The van der Waals surface area contributed by atoms with E-state index < -0.39 is 23.2 Å². The van der Waals surface area contributed by atoms with Crippen molar-refractivity contribution >= 4 is 74.8 Å². The summed E-state index contributed by atoms with van der Waals surface area (Å²) in [6, 6.07) is 3.09. The maximum atomic E-state index is 13.3. The molecule has 0 saturated carbocycles. The molecule has 4 N–H and O–H groups in total. The van der Waals surface area contributed by atoms with Crippen LogP contribution in [0.15, 0.2) is 41.1 Å². The fourth-order valence-electron chi connectivity index (χ4n) is 4.76. The Labute approximate surface area is 255 Å². The zero-order valence-corrected chi connectivity index (χ0v) is 25.6. The van der Waals surface area contributed by atoms with Gasteiger partial charge in [-0.05, 0) is 51.0 Å². The van der Waals surface area contributed by atoms with Gasteiger partial charge < -0.3 is 25.8 Å². The van der Waals surface area contributed by atoms with Crippen LogP contribution < -0.4 is 20.9 Å². The number of nitrogens with one attached hydrogen (secondary N) is 2. The molecule has 2 unspecified atom stereocenters. The first kappa shape index (κ1) is 29.9. The molecule has 5 heterocycles.